The Kier molecular flexibility index (Phi) is 11.5. The van der Waals surface area contributed by atoms with Gasteiger partial charge in [-0.25, -0.2) is 14.4 Å². The van der Waals surface area contributed by atoms with Crippen molar-refractivity contribution in [1.29, 1.82) is 0 Å². The molecule has 0 aromatic heterocycles. The number of benzene rings is 2. The molecule has 2 aromatic rings. The van der Waals surface area contributed by atoms with Gasteiger partial charge in [0.15, 0.2) is 0 Å². The number of anilines is 1. The monoisotopic (exact) mass is 508 g/mol. The molecular formula is C25H33ClN2O7. The minimum absolute atomic E-state index is 0. The van der Waals surface area contributed by atoms with Crippen molar-refractivity contribution in [2.45, 2.75) is 59.0 Å². The number of nitrogens with one attached hydrogen (secondary N) is 2. The van der Waals surface area contributed by atoms with E-state index in [2.05, 4.69) is 10.6 Å². The number of aliphatic hydroxyl groups excluding tert-OH is 1. The van der Waals surface area contributed by atoms with Gasteiger partial charge in [0.2, 0.25) is 0 Å². The molecule has 0 aliphatic carbocycles. The number of ether oxygens (including phenoxy) is 3. The highest BCUT2D eigenvalue weighted by atomic mass is 35.5. The van der Waals surface area contributed by atoms with E-state index in [0.717, 1.165) is 5.56 Å². The number of alkyl carbamates (subject to hydrolysis) is 1. The largest absolute Gasteiger partial charge is 0.467 e. The van der Waals surface area contributed by atoms with Crippen LogP contribution in [0.3, 0.4) is 0 Å². The fourth-order valence-corrected chi connectivity index (χ4v) is 3.24. The zero-order valence-corrected chi connectivity index (χ0v) is 21.4. The Bertz CT molecular complexity index is 1010. The van der Waals surface area contributed by atoms with Crippen molar-refractivity contribution in [3.05, 3.63) is 64.7 Å². The number of halogens is 1. The van der Waals surface area contributed by atoms with Crippen LogP contribution < -0.4 is 10.6 Å². The predicted molar refractivity (Wildman–Crippen MR) is 133 cm³/mol. The number of rotatable bonds is 8. The Morgan fingerprint density at radius 3 is 2.26 bits per heavy atom. The standard InChI is InChI=1S/C25H32N2O7.ClH/c1-16-19(14-28)18(11-12-20(16)26-24(31)34-25(2,3)4)13-21(22(29)32-5)27-23(30)33-15-17-9-7-6-8-10-17;/h6-12,21,28H,13-15H2,1-5H3,(H,26,31)(H,27,30);1H/t21-;/m1./s1. The summed E-state index contributed by atoms with van der Waals surface area (Å²) in [5, 5.41) is 15.2. The first-order chi connectivity index (χ1) is 16.0. The molecule has 0 aliphatic rings. The van der Waals surface area contributed by atoms with Crippen molar-refractivity contribution < 1.29 is 33.7 Å². The molecule has 0 heterocycles. The van der Waals surface area contributed by atoms with Gasteiger partial charge in [0.25, 0.3) is 0 Å². The molecule has 2 amide bonds. The number of carbonyl (C=O) groups excluding carboxylic acids is 3. The highest BCUT2D eigenvalue weighted by Crippen LogP contribution is 2.25. The number of esters is 1. The molecule has 3 N–H and O–H groups in total. The van der Waals surface area contributed by atoms with Gasteiger partial charge in [0.05, 0.1) is 13.7 Å². The Balaban J connectivity index is 0.00000612. The molecule has 35 heavy (non-hydrogen) atoms. The third kappa shape index (κ3) is 9.46. The van der Waals surface area contributed by atoms with E-state index < -0.39 is 29.8 Å². The molecule has 0 saturated heterocycles. The average Bonchev–Trinajstić information content (AvgIpc) is 2.78. The lowest BCUT2D eigenvalue weighted by atomic mass is 9.95. The van der Waals surface area contributed by atoms with Crippen molar-refractivity contribution in [3.63, 3.8) is 0 Å². The van der Waals surface area contributed by atoms with Crippen LogP contribution >= 0.6 is 12.4 Å². The van der Waals surface area contributed by atoms with Gasteiger partial charge in [-0.1, -0.05) is 36.4 Å². The third-order valence-electron chi connectivity index (χ3n) is 4.90. The molecule has 0 bridgehead atoms. The molecule has 0 spiro atoms. The number of amides is 2. The van der Waals surface area contributed by atoms with Gasteiger partial charge in [-0.2, -0.15) is 0 Å². The summed E-state index contributed by atoms with van der Waals surface area (Å²) in [4.78, 5) is 36.8. The lowest BCUT2D eigenvalue weighted by molar-refractivity contribution is -0.143. The Hall–Kier alpha value is -3.30. The Labute approximate surface area is 211 Å². The lowest BCUT2D eigenvalue weighted by Crippen LogP contribution is -2.43. The highest BCUT2D eigenvalue weighted by Gasteiger charge is 2.25. The van der Waals surface area contributed by atoms with Gasteiger partial charge in [0, 0.05) is 12.1 Å². The van der Waals surface area contributed by atoms with Gasteiger partial charge in [-0.15, -0.1) is 12.4 Å². The van der Waals surface area contributed by atoms with E-state index in [1.807, 2.05) is 30.3 Å². The third-order valence-corrected chi connectivity index (χ3v) is 4.90. The topological polar surface area (TPSA) is 123 Å². The van der Waals surface area contributed by atoms with Crippen LogP contribution in [0.25, 0.3) is 0 Å². The van der Waals surface area contributed by atoms with Crippen molar-refractivity contribution in [3.8, 4) is 0 Å². The van der Waals surface area contributed by atoms with E-state index in [1.54, 1.807) is 39.8 Å². The number of methoxy groups -OCH3 is 1. The first-order valence-electron chi connectivity index (χ1n) is 10.8. The molecule has 0 aliphatic heterocycles. The van der Waals surface area contributed by atoms with Gasteiger partial charge >= 0.3 is 18.2 Å². The summed E-state index contributed by atoms with van der Waals surface area (Å²) in [7, 11) is 1.22. The summed E-state index contributed by atoms with van der Waals surface area (Å²) >= 11 is 0. The van der Waals surface area contributed by atoms with Gasteiger partial charge in [-0.3, -0.25) is 5.32 Å². The van der Waals surface area contributed by atoms with Gasteiger partial charge in [0.1, 0.15) is 18.2 Å². The minimum Gasteiger partial charge on any atom is -0.467 e. The molecule has 192 valence electrons. The maximum atomic E-state index is 12.3. The van der Waals surface area contributed by atoms with E-state index in [9.17, 15) is 19.5 Å². The molecule has 0 unspecified atom stereocenters. The van der Waals surface area contributed by atoms with Crippen LogP contribution in [-0.2, 0) is 38.6 Å². The molecule has 10 heteroatoms. The van der Waals surface area contributed by atoms with E-state index in [1.165, 1.54) is 7.11 Å². The number of hydrogen-bond donors (Lipinski definition) is 3. The Morgan fingerprint density at radius 1 is 1.03 bits per heavy atom. The number of carbonyl (C=O) groups is 3. The molecule has 2 aromatic carbocycles. The zero-order chi connectivity index (χ0) is 25.3. The van der Waals surface area contributed by atoms with Crippen LogP contribution in [0.15, 0.2) is 42.5 Å². The summed E-state index contributed by atoms with van der Waals surface area (Å²) in [6.07, 6.45) is -1.34. The lowest BCUT2D eigenvalue weighted by Gasteiger charge is -2.22. The predicted octanol–water partition coefficient (Wildman–Crippen LogP) is 4.27. The normalized spacial score (nSPS) is 11.5. The van der Waals surface area contributed by atoms with Crippen molar-refractivity contribution >= 4 is 36.3 Å². The molecule has 0 saturated carbocycles. The summed E-state index contributed by atoms with van der Waals surface area (Å²) < 4.78 is 15.3. The number of aliphatic hydroxyl groups is 1. The van der Waals surface area contributed by atoms with Crippen LogP contribution in [0.2, 0.25) is 0 Å². The van der Waals surface area contributed by atoms with E-state index >= 15 is 0 Å². The molecule has 0 radical (unpaired) electrons. The highest BCUT2D eigenvalue weighted by molar-refractivity contribution is 5.86. The maximum Gasteiger partial charge on any atom is 0.412 e. The minimum atomic E-state index is -1.04. The number of hydrogen-bond acceptors (Lipinski definition) is 7. The molecular weight excluding hydrogens is 476 g/mol. The second-order valence-electron chi connectivity index (χ2n) is 8.65. The smallest absolute Gasteiger partial charge is 0.412 e. The zero-order valence-electron chi connectivity index (χ0n) is 20.5. The molecule has 1 atom stereocenters. The summed E-state index contributed by atoms with van der Waals surface area (Å²) in [6.45, 7) is 6.71. The van der Waals surface area contributed by atoms with E-state index in [0.29, 0.717) is 22.4 Å². The SMILES string of the molecule is COC(=O)[C@@H](Cc1ccc(NC(=O)OC(C)(C)C)c(C)c1CO)NC(=O)OCc1ccccc1.Cl. The first kappa shape index (κ1) is 29.7. The van der Waals surface area contributed by atoms with Crippen LogP contribution in [-0.4, -0.2) is 42.0 Å². The summed E-state index contributed by atoms with van der Waals surface area (Å²) in [5.41, 5.74) is 2.34. The van der Waals surface area contributed by atoms with E-state index in [-0.39, 0.29) is 32.0 Å². The van der Waals surface area contributed by atoms with E-state index in [4.69, 9.17) is 14.2 Å². The average molecular weight is 509 g/mol. The summed E-state index contributed by atoms with van der Waals surface area (Å²) in [6, 6.07) is 11.4. The molecule has 0 fully saturated rings. The van der Waals surface area contributed by atoms with Crippen molar-refractivity contribution in [2.24, 2.45) is 0 Å². The van der Waals surface area contributed by atoms with Crippen LogP contribution in [0.1, 0.15) is 43.0 Å². The van der Waals surface area contributed by atoms with Gasteiger partial charge < -0.3 is 24.6 Å². The van der Waals surface area contributed by atoms with Crippen molar-refractivity contribution in [2.75, 3.05) is 12.4 Å². The van der Waals surface area contributed by atoms with Crippen LogP contribution in [0.5, 0.6) is 0 Å². The van der Waals surface area contributed by atoms with Crippen LogP contribution in [0.4, 0.5) is 15.3 Å². The fraction of sp³-hybridized carbons (Fsp3) is 0.400. The molecule has 9 nitrogen and oxygen atoms in total. The molecule has 2 rings (SSSR count). The second-order valence-corrected chi connectivity index (χ2v) is 8.65. The first-order valence-corrected chi connectivity index (χ1v) is 10.8. The van der Waals surface area contributed by atoms with Gasteiger partial charge in [-0.05, 0) is 56.0 Å². The van der Waals surface area contributed by atoms with Crippen molar-refractivity contribution in [1.82, 2.24) is 5.32 Å². The fourth-order valence-electron chi connectivity index (χ4n) is 3.24. The van der Waals surface area contributed by atoms with Crippen LogP contribution in [0, 0.1) is 6.92 Å². The second kappa shape index (κ2) is 13.6. The quantitative estimate of drug-likeness (QED) is 0.359. The maximum absolute atomic E-state index is 12.3. The summed E-state index contributed by atoms with van der Waals surface area (Å²) in [5.74, 6) is -0.658. The Morgan fingerprint density at radius 2 is 1.69 bits per heavy atom.